The zero-order valence-corrected chi connectivity index (χ0v) is 11.8. The van der Waals surface area contributed by atoms with E-state index in [9.17, 15) is 9.59 Å². The second kappa shape index (κ2) is 5.71. The van der Waals surface area contributed by atoms with Gasteiger partial charge in [0.15, 0.2) is 0 Å². The highest BCUT2D eigenvalue weighted by Crippen LogP contribution is 2.42. The van der Waals surface area contributed by atoms with E-state index in [1.165, 1.54) is 6.26 Å². The summed E-state index contributed by atoms with van der Waals surface area (Å²) in [4.78, 5) is 28.8. The van der Waals surface area contributed by atoms with Gasteiger partial charge in [-0.2, -0.15) is 0 Å². The zero-order chi connectivity index (χ0) is 14.8. The van der Waals surface area contributed by atoms with Crippen LogP contribution in [0, 0.1) is 11.8 Å². The van der Waals surface area contributed by atoms with Gasteiger partial charge in [0.2, 0.25) is 0 Å². The van der Waals surface area contributed by atoms with E-state index in [4.69, 9.17) is 14.0 Å². The van der Waals surface area contributed by atoms with Crippen molar-refractivity contribution in [2.45, 2.75) is 32.1 Å². The van der Waals surface area contributed by atoms with Gasteiger partial charge in [-0.15, -0.1) is 0 Å². The fourth-order valence-corrected chi connectivity index (χ4v) is 2.69. The average Bonchev–Trinajstić information content (AvgIpc) is 3.01. The minimum Gasteiger partial charge on any atom is -0.469 e. The lowest BCUT2D eigenvalue weighted by molar-refractivity contribution is -0.146. The molecule has 0 bridgehead atoms. The van der Waals surface area contributed by atoms with Crippen LogP contribution >= 0.6 is 0 Å². The largest absolute Gasteiger partial charge is 0.469 e. The molecule has 0 N–H and O–H groups in total. The highest BCUT2D eigenvalue weighted by Gasteiger charge is 2.47. The molecular weight excluding hydrogens is 274 g/mol. The third-order valence-electron chi connectivity index (χ3n) is 3.81. The number of oxime groups is 1. The number of nitrogens with zero attached hydrogens (tertiary/aromatic N) is 1. The molecule has 6 heteroatoms. The van der Waals surface area contributed by atoms with Crippen molar-refractivity contribution in [2.24, 2.45) is 17.0 Å². The van der Waals surface area contributed by atoms with Crippen molar-refractivity contribution in [1.29, 1.82) is 0 Å². The monoisotopic (exact) mass is 291 g/mol. The van der Waals surface area contributed by atoms with E-state index in [-0.39, 0.29) is 12.4 Å². The molecule has 0 radical (unpaired) electrons. The summed E-state index contributed by atoms with van der Waals surface area (Å²) < 4.78 is 10.4. The smallest absolute Gasteiger partial charge is 0.344 e. The van der Waals surface area contributed by atoms with Gasteiger partial charge in [-0.3, -0.25) is 4.79 Å². The second-order valence-corrected chi connectivity index (χ2v) is 5.31. The Morgan fingerprint density at radius 3 is 2.95 bits per heavy atom. The van der Waals surface area contributed by atoms with Crippen molar-refractivity contribution >= 4 is 17.7 Å². The van der Waals surface area contributed by atoms with Crippen LogP contribution in [-0.4, -0.2) is 24.3 Å². The van der Waals surface area contributed by atoms with E-state index in [1.807, 2.05) is 0 Å². The van der Waals surface area contributed by atoms with Crippen molar-refractivity contribution in [3.63, 3.8) is 0 Å². The lowest BCUT2D eigenvalue weighted by Gasteiger charge is -2.19. The Hall–Kier alpha value is -2.11. The molecule has 3 rings (SSSR count). The van der Waals surface area contributed by atoms with Crippen molar-refractivity contribution < 1.29 is 23.6 Å². The average molecular weight is 291 g/mol. The third-order valence-corrected chi connectivity index (χ3v) is 3.81. The van der Waals surface area contributed by atoms with Gasteiger partial charge in [-0.05, 0) is 31.9 Å². The summed E-state index contributed by atoms with van der Waals surface area (Å²) in [6, 6.07) is 3.50. The van der Waals surface area contributed by atoms with Gasteiger partial charge < -0.3 is 14.0 Å². The summed E-state index contributed by atoms with van der Waals surface area (Å²) in [5.74, 6) is -0.862. The normalized spacial score (nSPS) is 22.6. The Labute approximate surface area is 122 Å². The molecule has 0 spiro atoms. The number of carbonyl (C=O) groups excluding carboxylic acids is 2. The number of ether oxygens (including phenoxy) is 1. The summed E-state index contributed by atoms with van der Waals surface area (Å²) in [6.07, 6.45) is 3.63. The first-order valence-electron chi connectivity index (χ1n) is 7.18. The first-order valence-corrected chi connectivity index (χ1v) is 7.18. The zero-order valence-electron chi connectivity index (χ0n) is 11.8. The van der Waals surface area contributed by atoms with Crippen LogP contribution in [0.15, 0.2) is 28.0 Å². The molecular formula is C15H17NO5. The molecule has 0 amide bonds. The van der Waals surface area contributed by atoms with Crippen molar-refractivity contribution in [2.75, 3.05) is 6.61 Å². The Bertz CT molecular complexity index is 559. The van der Waals surface area contributed by atoms with Gasteiger partial charge >= 0.3 is 11.9 Å². The van der Waals surface area contributed by atoms with Gasteiger partial charge in [0.25, 0.3) is 0 Å². The molecule has 1 aliphatic heterocycles. The fourth-order valence-electron chi connectivity index (χ4n) is 2.69. The quantitative estimate of drug-likeness (QED) is 0.593. The first kappa shape index (κ1) is 13.9. The Kier molecular flexibility index (Phi) is 3.77. The number of esters is 1. The van der Waals surface area contributed by atoms with Crippen LogP contribution < -0.4 is 0 Å². The number of furan rings is 1. The van der Waals surface area contributed by atoms with Crippen molar-refractivity contribution in [3.05, 3.63) is 24.2 Å². The molecule has 1 saturated carbocycles. The Morgan fingerprint density at radius 1 is 1.52 bits per heavy atom. The lowest BCUT2D eigenvalue weighted by atomic mass is 9.82. The van der Waals surface area contributed by atoms with Crippen LogP contribution in [-0.2, 0) is 19.2 Å². The maximum absolute atomic E-state index is 12.1. The molecule has 1 aliphatic carbocycles. The molecule has 1 aromatic rings. The lowest BCUT2D eigenvalue weighted by Crippen LogP contribution is -2.29. The van der Waals surface area contributed by atoms with E-state index < -0.39 is 17.8 Å². The summed E-state index contributed by atoms with van der Waals surface area (Å²) in [6.45, 7) is 2.06. The van der Waals surface area contributed by atoms with Crippen LogP contribution in [0.5, 0.6) is 0 Å². The van der Waals surface area contributed by atoms with Crippen LogP contribution in [0.3, 0.4) is 0 Å². The highest BCUT2D eigenvalue weighted by atomic mass is 16.7. The summed E-state index contributed by atoms with van der Waals surface area (Å²) in [7, 11) is 0. The number of hydrogen-bond acceptors (Lipinski definition) is 6. The molecule has 0 aromatic carbocycles. The summed E-state index contributed by atoms with van der Waals surface area (Å²) in [5, 5.41) is 3.92. The predicted molar refractivity (Wildman–Crippen MR) is 72.4 cm³/mol. The van der Waals surface area contributed by atoms with E-state index in [2.05, 4.69) is 5.16 Å². The maximum Gasteiger partial charge on any atom is 0.344 e. The molecule has 21 heavy (non-hydrogen) atoms. The summed E-state index contributed by atoms with van der Waals surface area (Å²) >= 11 is 0. The minimum atomic E-state index is -0.548. The molecule has 1 aromatic heterocycles. The first-order chi connectivity index (χ1) is 10.2. The Balaban J connectivity index is 1.85. The maximum atomic E-state index is 12.1. The molecule has 2 unspecified atom stereocenters. The van der Waals surface area contributed by atoms with Gasteiger partial charge in [-0.1, -0.05) is 5.16 Å². The molecule has 2 heterocycles. The molecule has 1 fully saturated rings. The molecule has 0 saturated heterocycles. The topological polar surface area (TPSA) is 78.1 Å². The Morgan fingerprint density at radius 2 is 2.33 bits per heavy atom. The van der Waals surface area contributed by atoms with Crippen LogP contribution in [0.1, 0.15) is 37.9 Å². The SMILES string of the molecule is CCOC(=O)CC(c1ccco1)C1C(=O)ON=C1C1CC1. The number of rotatable bonds is 6. The standard InChI is InChI=1S/C15H17NO5/c1-2-19-12(17)8-10(11-4-3-7-20-11)13-14(9-5-6-9)16-21-15(13)18/h3-4,7,9-10,13H,2,5-6,8H2,1H3. The van der Waals surface area contributed by atoms with Gasteiger partial charge in [0, 0.05) is 11.8 Å². The van der Waals surface area contributed by atoms with E-state index in [0.717, 1.165) is 18.6 Å². The number of carbonyl (C=O) groups is 2. The third kappa shape index (κ3) is 2.84. The van der Waals surface area contributed by atoms with E-state index >= 15 is 0 Å². The van der Waals surface area contributed by atoms with Crippen LogP contribution in [0.25, 0.3) is 0 Å². The summed E-state index contributed by atoms with van der Waals surface area (Å²) in [5.41, 5.74) is 0.741. The minimum absolute atomic E-state index is 0.0762. The molecule has 6 nitrogen and oxygen atoms in total. The van der Waals surface area contributed by atoms with E-state index in [0.29, 0.717) is 18.3 Å². The predicted octanol–water partition coefficient (Wildman–Crippen LogP) is 2.26. The van der Waals surface area contributed by atoms with Crippen molar-refractivity contribution in [3.8, 4) is 0 Å². The fraction of sp³-hybridized carbons (Fsp3) is 0.533. The van der Waals surface area contributed by atoms with Crippen LogP contribution in [0.2, 0.25) is 0 Å². The van der Waals surface area contributed by atoms with Gasteiger partial charge in [-0.25, -0.2) is 4.79 Å². The number of hydrogen-bond donors (Lipinski definition) is 0. The highest BCUT2D eigenvalue weighted by molar-refractivity contribution is 6.08. The van der Waals surface area contributed by atoms with Crippen LogP contribution in [0.4, 0.5) is 0 Å². The molecule has 112 valence electrons. The van der Waals surface area contributed by atoms with E-state index in [1.54, 1.807) is 19.1 Å². The molecule has 2 aliphatic rings. The molecule has 2 atom stereocenters. The van der Waals surface area contributed by atoms with Gasteiger partial charge in [0.1, 0.15) is 11.7 Å². The second-order valence-electron chi connectivity index (χ2n) is 5.31. The van der Waals surface area contributed by atoms with Gasteiger partial charge in [0.05, 0.1) is 25.0 Å². The van der Waals surface area contributed by atoms with Crippen molar-refractivity contribution in [1.82, 2.24) is 0 Å².